The average Bonchev–Trinajstić information content (AvgIpc) is 2.06. The van der Waals surface area contributed by atoms with E-state index in [2.05, 4.69) is 0 Å². The Hall–Kier alpha value is 0.594. The maximum atomic E-state index is 7.88. The minimum atomic E-state index is 0. The number of rotatable bonds is 2. The van der Waals surface area contributed by atoms with Crippen molar-refractivity contribution < 1.29 is 37.0 Å². The second-order valence-electron chi connectivity index (χ2n) is 1.76. The summed E-state index contributed by atoms with van der Waals surface area (Å²) in [6.07, 6.45) is 1.75. The van der Waals surface area contributed by atoms with Crippen LogP contribution >= 0.6 is 0 Å². The van der Waals surface area contributed by atoms with Crippen molar-refractivity contribution in [2.75, 3.05) is 19.8 Å². The van der Waals surface area contributed by atoms with Crippen molar-refractivity contribution in [3.63, 3.8) is 0 Å². The van der Waals surface area contributed by atoms with Crippen LogP contribution in [0.1, 0.15) is 33.6 Å². The van der Waals surface area contributed by atoms with Gasteiger partial charge in [0.25, 0.3) is 0 Å². The molecule has 0 saturated carbocycles. The minimum absolute atomic E-state index is 0. The third-order valence-corrected chi connectivity index (χ3v) is 0.447. The minimum Gasteiger partial charge on any atom is -0.397 e. The zero-order valence-corrected chi connectivity index (χ0v) is 9.94. The molecule has 0 unspecified atom stereocenters. The van der Waals surface area contributed by atoms with E-state index in [4.69, 9.17) is 15.3 Å². The zero-order valence-electron chi connectivity index (χ0n) is 8.38. The van der Waals surface area contributed by atoms with Gasteiger partial charge in [-0.15, -0.1) is 0 Å². The smallest absolute Gasteiger partial charge is 0.0428 e. The molecule has 3 N–H and O–H groups in total. The van der Waals surface area contributed by atoms with Crippen LogP contribution in [0.4, 0.5) is 0 Å². The zero-order chi connectivity index (χ0) is 9.54. The Morgan fingerprint density at radius 1 is 0.750 bits per heavy atom. The molecule has 3 nitrogen and oxygen atoms in total. The molecule has 0 radical (unpaired) electrons. The van der Waals surface area contributed by atoms with E-state index in [0.29, 0.717) is 13.2 Å². The molecule has 0 aliphatic heterocycles. The molecule has 0 bridgehead atoms. The van der Waals surface area contributed by atoms with E-state index in [1.807, 2.05) is 13.8 Å². The third-order valence-electron chi connectivity index (χ3n) is 0.447. The van der Waals surface area contributed by atoms with Gasteiger partial charge in [-0.05, 0) is 19.8 Å². The Kier molecular flexibility index (Phi) is 79.4. The van der Waals surface area contributed by atoms with Crippen molar-refractivity contribution in [3.05, 3.63) is 0 Å². The molecular formula is C8H22O3Ti. The quantitative estimate of drug-likeness (QED) is 0.595. The van der Waals surface area contributed by atoms with Gasteiger partial charge in [-0.1, -0.05) is 13.8 Å². The molecule has 0 aliphatic rings. The molecule has 0 rings (SSSR count). The van der Waals surface area contributed by atoms with Crippen LogP contribution in [0.15, 0.2) is 0 Å². The van der Waals surface area contributed by atoms with Crippen molar-refractivity contribution in [1.82, 2.24) is 0 Å². The molecule has 0 aromatic rings. The molecule has 0 fully saturated rings. The molecule has 0 atom stereocenters. The fourth-order valence-electron chi connectivity index (χ4n) is 0. The van der Waals surface area contributed by atoms with Gasteiger partial charge in [0.15, 0.2) is 0 Å². The number of aliphatic hydroxyl groups excluding tert-OH is 3. The summed E-state index contributed by atoms with van der Waals surface area (Å²) in [7, 11) is 0. The monoisotopic (exact) mass is 214 g/mol. The molecular weight excluding hydrogens is 192 g/mol. The van der Waals surface area contributed by atoms with E-state index < -0.39 is 0 Å². The molecule has 0 spiro atoms. The van der Waals surface area contributed by atoms with E-state index in [0.717, 1.165) is 12.8 Å². The Balaban J connectivity index is -0.0000000389. The van der Waals surface area contributed by atoms with Crippen LogP contribution in [0, 0.1) is 0 Å². The number of hydrogen-bond acceptors (Lipinski definition) is 3. The van der Waals surface area contributed by atoms with Gasteiger partial charge in [0.1, 0.15) is 0 Å². The molecule has 0 aromatic heterocycles. The molecule has 0 aliphatic carbocycles. The summed E-state index contributed by atoms with van der Waals surface area (Å²) in [4.78, 5) is 0. The third kappa shape index (κ3) is 145. The van der Waals surface area contributed by atoms with Gasteiger partial charge >= 0.3 is 0 Å². The first-order valence-electron chi connectivity index (χ1n) is 4.07. The second kappa shape index (κ2) is 41.6. The standard InChI is InChI=1S/2C3H8O.C2H6O.Ti/c2*1-2-3-4;1-2-3;/h2*4H,2-3H2,1H3;3H,2H2,1H3;. The predicted molar refractivity (Wildman–Crippen MR) is 47.5 cm³/mol. The molecule has 0 heterocycles. The van der Waals surface area contributed by atoms with Crippen molar-refractivity contribution in [1.29, 1.82) is 0 Å². The first kappa shape index (κ1) is 22.9. The van der Waals surface area contributed by atoms with Gasteiger partial charge in [-0.3, -0.25) is 0 Å². The fourth-order valence-corrected chi connectivity index (χ4v) is 0. The first-order valence-corrected chi connectivity index (χ1v) is 4.07. The van der Waals surface area contributed by atoms with Gasteiger partial charge < -0.3 is 15.3 Å². The van der Waals surface area contributed by atoms with E-state index in [9.17, 15) is 0 Å². The van der Waals surface area contributed by atoms with Gasteiger partial charge in [0, 0.05) is 41.5 Å². The summed E-state index contributed by atoms with van der Waals surface area (Å²) < 4.78 is 0. The van der Waals surface area contributed by atoms with Crippen LogP contribution in [0.25, 0.3) is 0 Å². The van der Waals surface area contributed by atoms with Crippen LogP contribution in [0.2, 0.25) is 0 Å². The van der Waals surface area contributed by atoms with E-state index >= 15 is 0 Å². The SMILES string of the molecule is CCCO.CCCO.CCO.[Ti]. The van der Waals surface area contributed by atoms with E-state index in [1.165, 1.54) is 0 Å². The first-order chi connectivity index (χ1) is 5.24. The van der Waals surface area contributed by atoms with Crippen LogP contribution in [-0.4, -0.2) is 35.1 Å². The van der Waals surface area contributed by atoms with Crippen LogP contribution in [0.3, 0.4) is 0 Å². The Labute approximate surface area is 90.7 Å². The van der Waals surface area contributed by atoms with Gasteiger partial charge in [0.2, 0.25) is 0 Å². The summed E-state index contributed by atoms with van der Waals surface area (Å²) in [6, 6.07) is 0. The summed E-state index contributed by atoms with van der Waals surface area (Å²) in [5.74, 6) is 0. The Bertz CT molecular complexity index is 29.5. The molecule has 0 saturated heterocycles. The largest absolute Gasteiger partial charge is 0.397 e. The van der Waals surface area contributed by atoms with Gasteiger partial charge in [0.05, 0.1) is 0 Å². The summed E-state index contributed by atoms with van der Waals surface area (Å²) in [5.41, 5.74) is 0. The molecule has 12 heavy (non-hydrogen) atoms. The normalized spacial score (nSPS) is 6.50. The number of aliphatic hydroxyl groups is 3. The summed E-state index contributed by atoms with van der Waals surface area (Å²) in [5, 5.41) is 23.3. The van der Waals surface area contributed by atoms with Crippen molar-refractivity contribution in [2.24, 2.45) is 0 Å². The average molecular weight is 214 g/mol. The van der Waals surface area contributed by atoms with E-state index in [-0.39, 0.29) is 28.3 Å². The van der Waals surface area contributed by atoms with Crippen LogP contribution in [0.5, 0.6) is 0 Å². The fraction of sp³-hybridized carbons (Fsp3) is 1.00. The molecule has 0 aromatic carbocycles. The van der Waals surface area contributed by atoms with E-state index in [1.54, 1.807) is 6.92 Å². The Morgan fingerprint density at radius 2 is 0.833 bits per heavy atom. The van der Waals surface area contributed by atoms with Crippen molar-refractivity contribution >= 4 is 0 Å². The second-order valence-corrected chi connectivity index (χ2v) is 1.76. The maximum Gasteiger partial charge on any atom is 0.0428 e. The van der Waals surface area contributed by atoms with Crippen molar-refractivity contribution in [3.8, 4) is 0 Å². The topological polar surface area (TPSA) is 60.7 Å². The molecule has 0 amide bonds. The predicted octanol–water partition coefficient (Wildman–Crippen LogP) is 0.774. The molecule has 4 heteroatoms. The summed E-state index contributed by atoms with van der Waals surface area (Å²) >= 11 is 0. The number of hydrogen-bond donors (Lipinski definition) is 3. The van der Waals surface area contributed by atoms with Crippen LogP contribution < -0.4 is 0 Å². The summed E-state index contributed by atoms with van der Waals surface area (Å²) in [6.45, 7) is 6.43. The van der Waals surface area contributed by atoms with Crippen molar-refractivity contribution in [2.45, 2.75) is 33.6 Å². The van der Waals surface area contributed by atoms with Crippen LogP contribution in [-0.2, 0) is 21.7 Å². The maximum absolute atomic E-state index is 7.88. The van der Waals surface area contributed by atoms with Gasteiger partial charge in [-0.25, -0.2) is 0 Å². The Morgan fingerprint density at radius 3 is 0.833 bits per heavy atom. The molecule has 76 valence electrons. The van der Waals surface area contributed by atoms with Gasteiger partial charge in [-0.2, -0.15) is 0 Å².